The number of nitrogens with one attached hydrogen (secondary N) is 1. The quantitative estimate of drug-likeness (QED) is 0.531. The lowest BCUT2D eigenvalue weighted by molar-refractivity contribution is -0.145. The number of hydrogen-bond donors (Lipinski definition) is 2. The van der Waals surface area contributed by atoms with Gasteiger partial charge in [0, 0.05) is 19.3 Å². The van der Waals surface area contributed by atoms with E-state index in [0.717, 1.165) is 32.3 Å². The molecule has 1 rings (SSSR count). The second-order valence-corrected chi connectivity index (χ2v) is 5.38. The van der Waals surface area contributed by atoms with E-state index in [9.17, 15) is 9.90 Å². The topological polar surface area (TPSA) is 67.8 Å². The van der Waals surface area contributed by atoms with Crippen molar-refractivity contribution in [2.24, 2.45) is 0 Å². The molecule has 0 aliphatic heterocycles. The Bertz CT molecular complexity index is 268. The van der Waals surface area contributed by atoms with Crippen molar-refractivity contribution in [3.63, 3.8) is 0 Å². The first kappa shape index (κ1) is 16.4. The van der Waals surface area contributed by atoms with Crippen LogP contribution in [0.15, 0.2) is 0 Å². The molecule has 2 N–H and O–H groups in total. The average Bonchev–Trinajstić information content (AvgIpc) is 3.16. The molecule has 0 aromatic rings. The lowest BCUT2D eigenvalue weighted by Gasteiger charge is -2.26. The van der Waals surface area contributed by atoms with Crippen LogP contribution in [0.1, 0.15) is 46.0 Å². The Morgan fingerprint density at radius 1 is 1.26 bits per heavy atom. The second-order valence-electron chi connectivity index (χ2n) is 5.38. The third-order valence-corrected chi connectivity index (χ3v) is 3.33. The number of aliphatic carboxylic acids is 1. The summed E-state index contributed by atoms with van der Waals surface area (Å²) in [5.41, 5.74) is -0.871. The normalized spacial score (nSPS) is 18.2. The number of carbonyl (C=O) groups is 1. The monoisotopic (exact) mass is 273 g/mol. The van der Waals surface area contributed by atoms with Crippen molar-refractivity contribution in [2.75, 3.05) is 26.4 Å². The highest BCUT2D eigenvalue weighted by Gasteiger charge is 2.38. The standard InChI is InChI=1S/C14H27NO4/c1-3-4-8-18-10-11-19-9-7-14(2,13(16)17)15-12-5-6-12/h12,15H,3-11H2,1-2H3,(H,16,17). The zero-order valence-electron chi connectivity index (χ0n) is 12.1. The van der Waals surface area contributed by atoms with Crippen LogP contribution in [-0.4, -0.2) is 49.1 Å². The highest BCUT2D eigenvalue weighted by atomic mass is 16.5. The predicted molar refractivity (Wildman–Crippen MR) is 73.4 cm³/mol. The summed E-state index contributed by atoms with van der Waals surface area (Å²) in [5.74, 6) is -0.804. The van der Waals surface area contributed by atoms with Gasteiger partial charge in [-0.15, -0.1) is 0 Å². The number of carboxylic acids is 1. The van der Waals surface area contributed by atoms with Crippen LogP contribution in [0.4, 0.5) is 0 Å². The molecule has 1 aliphatic rings. The zero-order chi connectivity index (χ0) is 14.1. The van der Waals surface area contributed by atoms with Crippen LogP contribution in [0.3, 0.4) is 0 Å². The molecule has 0 spiro atoms. The molecule has 1 unspecified atom stereocenters. The number of hydrogen-bond acceptors (Lipinski definition) is 4. The van der Waals surface area contributed by atoms with Gasteiger partial charge in [0.05, 0.1) is 13.2 Å². The molecule has 5 nitrogen and oxygen atoms in total. The fourth-order valence-corrected chi connectivity index (χ4v) is 1.76. The molecule has 0 radical (unpaired) electrons. The van der Waals surface area contributed by atoms with Crippen molar-refractivity contribution in [1.29, 1.82) is 0 Å². The van der Waals surface area contributed by atoms with E-state index in [1.165, 1.54) is 0 Å². The molecule has 0 heterocycles. The molecule has 1 atom stereocenters. The molecule has 0 amide bonds. The van der Waals surface area contributed by atoms with E-state index in [0.29, 0.717) is 32.3 Å². The van der Waals surface area contributed by atoms with Crippen molar-refractivity contribution >= 4 is 5.97 Å². The molecule has 5 heteroatoms. The summed E-state index contributed by atoms with van der Waals surface area (Å²) in [6.07, 6.45) is 4.84. The Labute approximate surface area is 115 Å². The molecule has 0 aromatic heterocycles. The number of rotatable bonds is 12. The summed E-state index contributed by atoms with van der Waals surface area (Å²) in [6.45, 7) is 6.19. The van der Waals surface area contributed by atoms with Crippen LogP contribution in [0.25, 0.3) is 0 Å². The van der Waals surface area contributed by atoms with Gasteiger partial charge in [-0.1, -0.05) is 13.3 Å². The van der Waals surface area contributed by atoms with E-state index in [2.05, 4.69) is 12.2 Å². The first-order valence-electron chi connectivity index (χ1n) is 7.25. The van der Waals surface area contributed by atoms with Crippen LogP contribution >= 0.6 is 0 Å². The van der Waals surface area contributed by atoms with Gasteiger partial charge in [0.25, 0.3) is 0 Å². The van der Waals surface area contributed by atoms with E-state index in [-0.39, 0.29) is 0 Å². The molecular formula is C14H27NO4. The average molecular weight is 273 g/mol. The van der Waals surface area contributed by atoms with E-state index in [1.54, 1.807) is 6.92 Å². The molecule has 0 bridgehead atoms. The lowest BCUT2D eigenvalue weighted by atomic mass is 9.98. The van der Waals surface area contributed by atoms with E-state index in [4.69, 9.17) is 9.47 Å². The third-order valence-electron chi connectivity index (χ3n) is 3.33. The molecule has 1 fully saturated rings. The second kappa shape index (κ2) is 8.51. The Hall–Kier alpha value is -0.650. The van der Waals surface area contributed by atoms with Gasteiger partial charge in [-0.2, -0.15) is 0 Å². The van der Waals surface area contributed by atoms with Crippen molar-refractivity contribution in [3.8, 4) is 0 Å². The van der Waals surface area contributed by atoms with Gasteiger partial charge in [0.15, 0.2) is 0 Å². The minimum atomic E-state index is -0.871. The van der Waals surface area contributed by atoms with Crippen molar-refractivity contribution in [2.45, 2.75) is 57.5 Å². The first-order valence-corrected chi connectivity index (χ1v) is 7.25. The summed E-state index contributed by atoms with van der Waals surface area (Å²) in [7, 11) is 0. The fourth-order valence-electron chi connectivity index (χ4n) is 1.76. The molecule has 0 aromatic carbocycles. The van der Waals surface area contributed by atoms with Crippen molar-refractivity contribution in [3.05, 3.63) is 0 Å². The van der Waals surface area contributed by atoms with Gasteiger partial charge in [-0.25, -0.2) is 0 Å². The maximum atomic E-state index is 11.3. The Kier molecular flexibility index (Phi) is 7.34. The summed E-state index contributed by atoms with van der Waals surface area (Å²) >= 11 is 0. The van der Waals surface area contributed by atoms with Gasteiger partial charge >= 0.3 is 5.97 Å². The number of unbranched alkanes of at least 4 members (excludes halogenated alkanes) is 1. The smallest absolute Gasteiger partial charge is 0.323 e. The van der Waals surface area contributed by atoms with E-state index >= 15 is 0 Å². The van der Waals surface area contributed by atoms with E-state index in [1.807, 2.05) is 0 Å². The van der Waals surface area contributed by atoms with Gasteiger partial charge in [-0.05, 0) is 32.6 Å². The Morgan fingerprint density at radius 2 is 1.89 bits per heavy atom. The molecule has 0 saturated heterocycles. The Morgan fingerprint density at radius 3 is 2.42 bits per heavy atom. The molecule has 1 aliphatic carbocycles. The Balaban J connectivity index is 2.06. The van der Waals surface area contributed by atoms with E-state index < -0.39 is 11.5 Å². The maximum absolute atomic E-state index is 11.3. The highest BCUT2D eigenvalue weighted by molar-refractivity contribution is 5.78. The van der Waals surface area contributed by atoms with Gasteiger partial charge in [0.1, 0.15) is 5.54 Å². The highest BCUT2D eigenvalue weighted by Crippen LogP contribution is 2.24. The van der Waals surface area contributed by atoms with Gasteiger partial charge in [0.2, 0.25) is 0 Å². The molecule has 1 saturated carbocycles. The van der Waals surface area contributed by atoms with Crippen LogP contribution in [0, 0.1) is 0 Å². The van der Waals surface area contributed by atoms with Gasteiger partial charge in [-0.3, -0.25) is 10.1 Å². The minimum Gasteiger partial charge on any atom is -0.480 e. The van der Waals surface area contributed by atoms with Crippen molar-refractivity contribution < 1.29 is 19.4 Å². The SMILES string of the molecule is CCCCOCCOCCC(C)(NC1CC1)C(=O)O. The zero-order valence-corrected chi connectivity index (χ0v) is 12.1. The first-order chi connectivity index (χ1) is 9.08. The van der Waals surface area contributed by atoms with Crippen LogP contribution < -0.4 is 5.32 Å². The summed E-state index contributed by atoms with van der Waals surface area (Å²) in [6, 6.07) is 0.374. The van der Waals surface area contributed by atoms with Gasteiger partial charge < -0.3 is 14.6 Å². The number of ether oxygens (including phenoxy) is 2. The predicted octanol–water partition coefficient (Wildman–Crippen LogP) is 1.81. The summed E-state index contributed by atoms with van der Waals surface area (Å²) in [5, 5.41) is 12.4. The maximum Gasteiger partial charge on any atom is 0.323 e. The number of carboxylic acid groups (broad SMARTS) is 1. The lowest BCUT2D eigenvalue weighted by Crippen LogP contribution is -2.51. The third kappa shape index (κ3) is 6.89. The van der Waals surface area contributed by atoms with Crippen LogP contribution in [0.2, 0.25) is 0 Å². The van der Waals surface area contributed by atoms with Crippen LogP contribution in [0.5, 0.6) is 0 Å². The largest absolute Gasteiger partial charge is 0.480 e. The summed E-state index contributed by atoms with van der Waals surface area (Å²) < 4.78 is 10.8. The minimum absolute atomic E-state index is 0.374. The molecule has 112 valence electrons. The summed E-state index contributed by atoms with van der Waals surface area (Å²) in [4.78, 5) is 11.3. The van der Waals surface area contributed by atoms with Crippen LogP contribution in [-0.2, 0) is 14.3 Å². The molecular weight excluding hydrogens is 246 g/mol. The fraction of sp³-hybridized carbons (Fsp3) is 0.929. The van der Waals surface area contributed by atoms with Crippen molar-refractivity contribution in [1.82, 2.24) is 5.32 Å². The molecule has 19 heavy (non-hydrogen) atoms.